The Balaban J connectivity index is 2.00. The number of nitrogens with zero attached hydrogens (tertiary/aromatic N) is 3. The van der Waals surface area contributed by atoms with Gasteiger partial charge in [0.1, 0.15) is 5.82 Å². The van der Waals surface area contributed by atoms with Crippen LogP contribution in [0, 0.1) is 17.6 Å². The summed E-state index contributed by atoms with van der Waals surface area (Å²) in [7, 11) is 2.19. The van der Waals surface area contributed by atoms with Gasteiger partial charge < -0.3 is 9.47 Å². The van der Waals surface area contributed by atoms with Crippen molar-refractivity contribution in [3.63, 3.8) is 0 Å². The van der Waals surface area contributed by atoms with Gasteiger partial charge in [0, 0.05) is 6.54 Å². The molecule has 1 aliphatic rings. The van der Waals surface area contributed by atoms with E-state index in [0.29, 0.717) is 0 Å². The van der Waals surface area contributed by atoms with Crippen LogP contribution in [0.2, 0.25) is 0 Å². The maximum atomic E-state index is 5.20. The summed E-state index contributed by atoms with van der Waals surface area (Å²) in [5.74, 6) is 1.75. The van der Waals surface area contributed by atoms with E-state index in [4.69, 9.17) is 12.2 Å². The molecule has 5 heteroatoms. The highest BCUT2D eigenvalue weighted by Crippen LogP contribution is 2.18. The van der Waals surface area contributed by atoms with Gasteiger partial charge in [0.25, 0.3) is 0 Å². The Kier molecular flexibility index (Phi) is 3.21. The standard InChI is InChI=1S/C10H18N4S/c1-8-11-12-10(15)14(8)7-9-3-5-13(2)6-4-9/h9H,3-7H2,1-2H3,(H,12,15). The minimum absolute atomic E-state index is 0.754. The first kappa shape index (κ1) is 10.8. The van der Waals surface area contributed by atoms with Crippen molar-refractivity contribution in [2.45, 2.75) is 26.3 Å². The molecule has 84 valence electrons. The zero-order valence-electron chi connectivity index (χ0n) is 9.36. The smallest absolute Gasteiger partial charge is 0.195 e. The Morgan fingerprint density at radius 2 is 2.13 bits per heavy atom. The lowest BCUT2D eigenvalue weighted by Crippen LogP contribution is -2.32. The Morgan fingerprint density at radius 3 is 2.67 bits per heavy atom. The predicted molar refractivity (Wildman–Crippen MR) is 62.4 cm³/mol. The van der Waals surface area contributed by atoms with E-state index < -0.39 is 0 Å². The number of H-pyrrole nitrogens is 1. The monoisotopic (exact) mass is 226 g/mol. The minimum Gasteiger partial charge on any atom is -0.306 e. The van der Waals surface area contributed by atoms with Gasteiger partial charge in [0.05, 0.1) is 0 Å². The van der Waals surface area contributed by atoms with E-state index in [1.807, 2.05) is 6.92 Å². The molecule has 0 aromatic carbocycles. The van der Waals surface area contributed by atoms with Crippen LogP contribution in [0.3, 0.4) is 0 Å². The molecule has 1 N–H and O–H groups in total. The number of aromatic nitrogens is 3. The highest BCUT2D eigenvalue weighted by molar-refractivity contribution is 7.71. The number of hydrogen-bond donors (Lipinski definition) is 1. The molecule has 1 aliphatic heterocycles. The van der Waals surface area contributed by atoms with Crippen molar-refractivity contribution < 1.29 is 0 Å². The molecule has 15 heavy (non-hydrogen) atoms. The van der Waals surface area contributed by atoms with E-state index in [-0.39, 0.29) is 0 Å². The lowest BCUT2D eigenvalue weighted by atomic mass is 9.97. The number of piperidine rings is 1. The average molecular weight is 226 g/mol. The van der Waals surface area contributed by atoms with Crippen molar-refractivity contribution in [3.8, 4) is 0 Å². The molecule has 0 aliphatic carbocycles. The highest BCUT2D eigenvalue weighted by atomic mass is 32.1. The molecule has 1 aromatic heterocycles. The second-order valence-electron chi connectivity index (χ2n) is 4.43. The minimum atomic E-state index is 0.754. The topological polar surface area (TPSA) is 36.9 Å². The molecule has 2 rings (SSSR count). The van der Waals surface area contributed by atoms with E-state index in [2.05, 4.69) is 26.7 Å². The maximum Gasteiger partial charge on any atom is 0.195 e. The van der Waals surface area contributed by atoms with Gasteiger partial charge in [-0.1, -0.05) is 0 Å². The summed E-state index contributed by atoms with van der Waals surface area (Å²) in [6.45, 7) is 5.43. The summed E-state index contributed by atoms with van der Waals surface area (Å²) >= 11 is 5.20. The number of hydrogen-bond acceptors (Lipinski definition) is 3. The first-order valence-corrected chi connectivity index (χ1v) is 5.88. The van der Waals surface area contributed by atoms with Crippen molar-refractivity contribution in [1.82, 2.24) is 19.7 Å². The normalized spacial score (nSPS) is 19.6. The molecule has 2 heterocycles. The van der Waals surface area contributed by atoms with E-state index in [1.165, 1.54) is 25.9 Å². The number of aryl methyl sites for hydroxylation is 1. The van der Waals surface area contributed by atoms with Crippen LogP contribution >= 0.6 is 12.2 Å². The van der Waals surface area contributed by atoms with Gasteiger partial charge in [-0.25, -0.2) is 0 Å². The van der Waals surface area contributed by atoms with Crippen LogP contribution in [0.15, 0.2) is 0 Å². The molecule has 0 bridgehead atoms. The summed E-state index contributed by atoms with van der Waals surface area (Å²) in [6.07, 6.45) is 2.53. The highest BCUT2D eigenvalue weighted by Gasteiger charge is 2.17. The Morgan fingerprint density at radius 1 is 1.47 bits per heavy atom. The third-order valence-corrected chi connectivity index (χ3v) is 3.54. The number of aromatic amines is 1. The summed E-state index contributed by atoms with van der Waals surface area (Å²) in [4.78, 5) is 2.39. The molecule has 0 unspecified atom stereocenters. The third kappa shape index (κ3) is 2.46. The zero-order valence-corrected chi connectivity index (χ0v) is 10.2. The lowest BCUT2D eigenvalue weighted by molar-refractivity contribution is 0.204. The molecule has 1 aromatic rings. The summed E-state index contributed by atoms with van der Waals surface area (Å²) in [5, 5.41) is 6.97. The second-order valence-corrected chi connectivity index (χ2v) is 4.82. The molecular formula is C10H18N4S. The Bertz CT molecular complexity index is 373. The molecule has 1 saturated heterocycles. The van der Waals surface area contributed by atoms with Crippen molar-refractivity contribution in [1.29, 1.82) is 0 Å². The summed E-state index contributed by atoms with van der Waals surface area (Å²) in [5.41, 5.74) is 0. The molecular weight excluding hydrogens is 208 g/mol. The quantitative estimate of drug-likeness (QED) is 0.778. The van der Waals surface area contributed by atoms with Gasteiger partial charge in [0.2, 0.25) is 0 Å². The van der Waals surface area contributed by atoms with Crippen LogP contribution in [0.5, 0.6) is 0 Å². The third-order valence-electron chi connectivity index (χ3n) is 3.23. The van der Waals surface area contributed by atoms with Crippen LogP contribution in [-0.4, -0.2) is 39.8 Å². The molecule has 1 fully saturated rings. The van der Waals surface area contributed by atoms with Gasteiger partial charge in [-0.3, -0.25) is 5.10 Å². The average Bonchev–Trinajstić information content (AvgIpc) is 2.53. The number of rotatable bonds is 2. The largest absolute Gasteiger partial charge is 0.306 e. The van der Waals surface area contributed by atoms with Crippen molar-refractivity contribution >= 4 is 12.2 Å². The van der Waals surface area contributed by atoms with Crippen LogP contribution < -0.4 is 0 Å². The van der Waals surface area contributed by atoms with Gasteiger partial charge in [-0.05, 0) is 58.0 Å². The van der Waals surface area contributed by atoms with Crippen LogP contribution in [0.25, 0.3) is 0 Å². The van der Waals surface area contributed by atoms with Crippen molar-refractivity contribution in [2.75, 3.05) is 20.1 Å². The zero-order chi connectivity index (χ0) is 10.8. The van der Waals surface area contributed by atoms with Gasteiger partial charge >= 0.3 is 0 Å². The van der Waals surface area contributed by atoms with Crippen molar-refractivity contribution in [2.24, 2.45) is 5.92 Å². The Hall–Kier alpha value is -0.680. The van der Waals surface area contributed by atoms with E-state index in [1.54, 1.807) is 0 Å². The van der Waals surface area contributed by atoms with Crippen molar-refractivity contribution in [3.05, 3.63) is 10.6 Å². The fourth-order valence-electron chi connectivity index (χ4n) is 2.11. The van der Waals surface area contributed by atoms with Crippen LogP contribution in [0.1, 0.15) is 18.7 Å². The molecule has 0 radical (unpaired) electrons. The fourth-order valence-corrected chi connectivity index (χ4v) is 2.37. The molecule has 0 atom stereocenters. The van der Waals surface area contributed by atoms with E-state index in [9.17, 15) is 0 Å². The van der Waals surface area contributed by atoms with E-state index >= 15 is 0 Å². The predicted octanol–water partition coefficient (Wildman–Crippen LogP) is 1.59. The molecule has 4 nitrogen and oxygen atoms in total. The first-order valence-electron chi connectivity index (χ1n) is 5.47. The summed E-state index contributed by atoms with van der Waals surface area (Å²) < 4.78 is 2.87. The molecule has 0 amide bonds. The van der Waals surface area contributed by atoms with Gasteiger partial charge in [-0.2, -0.15) is 5.10 Å². The van der Waals surface area contributed by atoms with Gasteiger partial charge in [0.15, 0.2) is 4.77 Å². The fraction of sp³-hybridized carbons (Fsp3) is 0.800. The molecule has 0 saturated carbocycles. The van der Waals surface area contributed by atoms with Crippen LogP contribution in [-0.2, 0) is 6.54 Å². The number of likely N-dealkylation sites (tertiary alicyclic amines) is 1. The van der Waals surface area contributed by atoms with Crippen LogP contribution in [0.4, 0.5) is 0 Å². The maximum absolute atomic E-state index is 5.20. The second kappa shape index (κ2) is 4.45. The number of nitrogens with one attached hydrogen (secondary N) is 1. The first-order chi connectivity index (χ1) is 7.16. The van der Waals surface area contributed by atoms with E-state index in [0.717, 1.165) is 23.1 Å². The lowest BCUT2D eigenvalue weighted by Gasteiger charge is -2.29. The molecule has 0 spiro atoms. The summed E-state index contributed by atoms with van der Waals surface area (Å²) in [6, 6.07) is 0. The Labute approximate surface area is 95.3 Å². The van der Waals surface area contributed by atoms with Gasteiger partial charge in [-0.15, -0.1) is 0 Å². The SMILES string of the molecule is Cc1n[nH]c(=S)n1CC1CCN(C)CC1.